The van der Waals surface area contributed by atoms with Crippen molar-refractivity contribution in [1.29, 1.82) is 0 Å². The minimum atomic E-state index is -0.380. The Morgan fingerprint density at radius 3 is 2.76 bits per heavy atom. The van der Waals surface area contributed by atoms with Crippen LogP contribution in [0.15, 0.2) is 24.5 Å². The molecular formula is C21H28N6O2. The van der Waals surface area contributed by atoms with E-state index in [0.717, 1.165) is 30.1 Å². The highest BCUT2D eigenvalue weighted by molar-refractivity contribution is 5.88. The Hall–Kier alpha value is -2.77. The summed E-state index contributed by atoms with van der Waals surface area (Å²) in [6.07, 6.45) is 6.63. The molecule has 4 heterocycles. The highest BCUT2D eigenvalue weighted by Crippen LogP contribution is 2.24. The summed E-state index contributed by atoms with van der Waals surface area (Å²) in [7, 11) is 0. The Morgan fingerprint density at radius 2 is 2.03 bits per heavy atom. The maximum atomic E-state index is 13.4. The Morgan fingerprint density at radius 1 is 1.17 bits per heavy atom. The van der Waals surface area contributed by atoms with Crippen molar-refractivity contribution < 1.29 is 9.59 Å². The third-order valence-corrected chi connectivity index (χ3v) is 5.70. The van der Waals surface area contributed by atoms with Crippen LogP contribution in [0.4, 0.5) is 0 Å². The maximum absolute atomic E-state index is 13.4. The zero-order chi connectivity index (χ0) is 20.4. The first kappa shape index (κ1) is 19.5. The smallest absolute Gasteiger partial charge is 0.245 e. The summed E-state index contributed by atoms with van der Waals surface area (Å²) >= 11 is 0. The van der Waals surface area contributed by atoms with Crippen LogP contribution in [0.2, 0.25) is 0 Å². The van der Waals surface area contributed by atoms with E-state index in [1.54, 1.807) is 12.4 Å². The molecule has 1 saturated heterocycles. The van der Waals surface area contributed by atoms with Crippen molar-refractivity contribution in [1.82, 2.24) is 29.5 Å². The number of piperidine rings is 1. The molecule has 0 radical (unpaired) electrons. The molecule has 8 nitrogen and oxygen atoms in total. The molecule has 2 aliphatic heterocycles. The summed E-state index contributed by atoms with van der Waals surface area (Å²) in [6.45, 7) is 6.53. The molecule has 0 aliphatic carbocycles. The number of carbonyl (C=O) groups is 2. The van der Waals surface area contributed by atoms with Gasteiger partial charge in [-0.15, -0.1) is 10.2 Å². The fraction of sp³-hybridized carbons (Fsp3) is 0.571. The molecule has 2 aromatic heterocycles. The largest absolute Gasteiger partial charge is 0.332 e. The second-order valence-electron chi connectivity index (χ2n) is 8.28. The van der Waals surface area contributed by atoms with Crippen LogP contribution in [-0.2, 0) is 22.7 Å². The van der Waals surface area contributed by atoms with E-state index in [9.17, 15) is 9.59 Å². The SMILES string of the molecule is CC(C)CC(C(=O)N1CCn2c(nnc2-c2cccnc2)C1)N1CCCCC1=O. The number of hydrogen-bond donors (Lipinski definition) is 0. The predicted octanol–water partition coefficient (Wildman–Crippen LogP) is 2.11. The van der Waals surface area contributed by atoms with Gasteiger partial charge in [0.05, 0.1) is 6.54 Å². The number of pyridine rings is 1. The number of amides is 2. The molecule has 0 saturated carbocycles. The lowest BCUT2D eigenvalue weighted by Crippen LogP contribution is -2.54. The molecule has 4 rings (SSSR count). The van der Waals surface area contributed by atoms with Crippen molar-refractivity contribution in [2.24, 2.45) is 5.92 Å². The van der Waals surface area contributed by atoms with Gasteiger partial charge in [-0.25, -0.2) is 0 Å². The number of hydrogen-bond acceptors (Lipinski definition) is 5. The lowest BCUT2D eigenvalue weighted by molar-refractivity contribution is -0.149. The van der Waals surface area contributed by atoms with Gasteiger partial charge >= 0.3 is 0 Å². The molecule has 1 fully saturated rings. The van der Waals surface area contributed by atoms with Gasteiger partial charge in [0, 0.05) is 44.0 Å². The van der Waals surface area contributed by atoms with Crippen molar-refractivity contribution in [2.45, 2.75) is 58.7 Å². The summed E-state index contributed by atoms with van der Waals surface area (Å²) in [5, 5.41) is 8.65. The van der Waals surface area contributed by atoms with Crippen molar-refractivity contribution in [3.05, 3.63) is 30.4 Å². The van der Waals surface area contributed by atoms with E-state index in [1.807, 2.05) is 21.9 Å². The van der Waals surface area contributed by atoms with Crippen molar-refractivity contribution >= 4 is 11.8 Å². The standard InChI is InChI=1S/C21H28N6O2/c1-15(2)12-17(26-9-4-3-7-19(26)28)21(29)25-10-11-27-18(14-25)23-24-20(27)16-6-5-8-22-13-16/h5-6,8,13,15,17H,3-4,7,9-12,14H2,1-2H3. The van der Waals surface area contributed by atoms with Crippen molar-refractivity contribution in [3.63, 3.8) is 0 Å². The number of aromatic nitrogens is 4. The van der Waals surface area contributed by atoms with E-state index >= 15 is 0 Å². The lowest BCUT2D eigenvalue weighted by atomic mass is 9.98. The molecular weight excluding hydrogens is 368 g/mol. The summed E-state index contributed by atoms with van der Waals surface area (Å²) in [5.41, 5.74) is 0.919. The third kappa shape index (κ3) is 4.02. The first-order valence-electron chi connectivity index (χ1n) is 10.5. The average Bonchev–Trinajstić information content (AvgIpc) is 3.16. The van der Waals surface area contributed by atoms with Gasteiger partial charge in [0.2, 0.25) is 11.8 Å². The molecule has 0 aromatic carbocycles. The van der Waals surface area contributed by atoms with Gasteiger partial charge in [-0.2, -0.15) is 0 Å². The molecule has 0 N–H and O–H groups in total. The molecule has 2 aromatic rings. The first-order valence-corrected chi connectivity index (χ1v) is 10.5. The monoisotopic (exact) mass is 396 g/mol. The van der Waals surface area contributed by atoms with E-state index in [0.29, 0.717) is 44.9 Å². The van der Waals surface area contributed by atoms with Gasteiger partial charge in [0.25, 0.3) is 0 Å². The van der Waals surface area contributed by atoms with Crippen LogP contribution in [0.25, 0.3) is 11.4 Å². The van der Waals surface area contributed by atoms with Gasteiger partial charge in [-0.3, -0.25) is 14.6 Å². The van der Waals surface area contributed by atoms with Crippen LogP contribution in [0.3, 0.4) is 0 Å². The fourth-order valence-electron chi connectivity index (χ4n) is 4.23. The topological polar surface area (TPSA) is 84.2 Å². The summed E-state index contributed by atoms with van der Waals surface area (Å²) in [5.74, 6) is 2.03. The molecule has 0 bridgehead atoms. The Labute approximate surface area is 170 Å². The molecule has 8 heteroatoms. The van der Waals surface area contributed by atoms with Gasteiger partial charge in [-0.1, -0.05) is 13.8 Å². The summed E-state index contributed by atoms with van der Waals surface area (Å²) < 4.78 is 2.06. The van der Waals surface area contributed by atoms with E-state index in [2.05, 4.69) is 33.6 Å². The van der Waals surface area contributed by atoms with Crippen LogP contribution in [0, 0.1) is 5.92 Å². The number of fused-ring (bicyclic) bond motifs is 1. The van der Waals surface area contributed by atoms with E-state index in [4.69, 9.17) is 0 Å². The number of carbonyl (C=O) groups excluding carboxylic acids is 2. The summed E-state index contributed by atoms with van der Waals surface area (Å²) in [6, 6.07) is 3.46. The molecule has 1 atom stereocenters. The zero-order valence-electron chi connectivity index (χ0n) is 17.1. The average molecular weight is 396 g/mol. The van der Waals surface area contributed by atoms with Gasteiger partial charge in [0.15, 0.2) is 11.6 Å². The highest BCUT2D eigenvalue weighted by Gasteiger charge is 2.36. The molecule has 2 aliphatic rings. The van der Waals surface area contributed by atoms with Crippen LogP contribution >= 0.6 is 0 Å². The first-order chi connectivity index (χ1) is 14.0. The van der Waals surface area contributed by atoms with Crippen LogP contribution in [0.5, 0.6) is 0 Å². The number of likely N-dealkylation sites (tertiary alicyclic amines) is 1. The van der Waals surface area contributed by atoms with Crippen LogP contribution < -0.4 is 0 Å². The Kier molecular flexibility index (Phi) is 5.60. The van der Waals surface area contributed by atoms with Crippen LogP contribution in [-0.4, -0.2) is 60.5 Å². The highest BCUT2D eigenvalue weighted by atomic mass is 16.2. The molecule has 154 valence electrons. The second-order valence-corrected chi connectivity index (χ2v) is 8.28. The zero-order valence-corrected chi connectivity index (χ0v) is 17.1. The lowest BCUT2D eigenvalue weighted by Gasteiger charge is -2.38. The Balaban J connectivity index is 1.53. The Bertz CT molecular complexity index is 879. The summed E-state index contributed by atoms with van der Waals surface area (Å²) in [4.78, 5) is 33.7. The van der Waals surface area contributed by atoms with Gasteiger partial charge in [-0.05, 0) is 37.3 Å². The fourth-order valence-corrected chi connectivity index (χ4v) is 4.23. The number of nitrogens with zero attached hydrogens (tertiary/aromatic N) is 6. The molecule has 29 heavy (non-hydrogen) atoms. The molecule has 0 spiro atoms. The minimum Gasteiger partial charge on any atom is -0.332 e. The maximum Gasteiger partial charge on any atom is 0.245 e. The molecule has 2 amide bonds. The van der Waals surface area contributed by atoms with E-state index in [1.165, 1.54) is 0 Å². The quantitative estimate of drug-likeness (QED) is 0.773. The second kappa shape index (κ2) is 8.31. The normalized spacial score (nSPS) is 18.1. The van der Waals surface area contributed by atoms with Gasteiger partial charge < -0.3 is 14.4 Å². The van der Waals surface area contributed by atoms with Crippen molar-refractivity contribution in [3.8, 4) is 11.4 Å². The minimum absolute atomic E-state index is 0.0335. The van der Waals surface area contributed by atoms with Gasteiger partial charge in [0.1, 0.15) is 6.04 Å². The van der Waals surface area contributed by atoms with E-state index in [-0.39, 0.29) is 17.9 Å². The molecule has 1 unspecified atom stereocenters. The van der Waals surface area contributed by atoms with Crippen molar-refractivity contribution in [2.75, 3.05) is 13.1 Å². The predicted molar refractivity (Wildman–Crippen MR) is 107 cm³/mol. The third-order valence-electron chi connectivity index (χ3n) is 5.70. The van der Waals surface area contributed by atoms with E-state index < -0.39 is 0 Å². The number of rotatable bonds is 5. The van der Waals surface area contributed by atoms with Crippen LogP contribution in [0.1, 0.15) is 45.4 Å².